The van der Waals surface area contributed by atoms with Crippen molar-refractivity contribution in [2.45, 2.75) is 24.9 Å². The van der Waals surface area contributed by atoms with Crippen molar-refractivity contribution in [3.63, 3.8) is 0 Å². The van der Waals surface area contributed by atoms with E-state index in [-0.39, 0.29) is 36.2 Å². The van der Waals surface area contributed by atoms with Gasteiger partial charge in [0.15, 0.2) is 0 Å². The molecule has 0 aliphatic rings. The van der Waals surface area contributed by atoms with E-state index in [4.69, 9.17) is 15.9 Å². The lowest BCUT2D eigenvalue weighted by Crippen LogP contribution is -2.42. The quantitative estimate of drug-likeness (QED) is 0.560. The summed E-state index contributed by atoms with van der Waals surface area (Å²) in [5.74, 6) is -1.53. The number of aliphatic carboxylic acids is 1. The van der Waals surface area contributed by atoms with Gasteiger partial charge in [-0.05, 0) is 6.92 Å². The van der Waals surface area contributed by atoms with E-state index in [1.807, 2.05) is 0 Å². The molecule has 9 heteroatoms. The van der Waals surface area contributed by atoms with E-state index in [1.165, 1.54) is 0 Å². The number of aliphatic hydroxyl groups is 1. The third-order valence-electron chi connectivity index (χ3n) is 2.40. The molecule has 4 N–H and O–H groups in total. The van der Waals surface area contributed by atoms with E-state index in [0.29, 0.717) is 0 Å². The highest BCUT2D eigenvalue weighted by atomic mass is 32.2. The Morgan fingerprint density at radius 2 is 2.00 bits per heavy atom. The van der Waals surface area contributed by atoms with E-state index in [0.717, 1.165) is 20.9 Å². The number of rotatable bonds is 6. The summed E-state index contributed by atoms with van der Waals surface area (Å²) in [6.07, 6.45) is 0. The van der Waals surface area contributed by atoms with Crippen molar-refractivity contribution in [2.24, 2.45) is 0 Å². The zero-order valence-corrected chi connectivity index (χ0v) is 11.1. The third kappa shape index (κ3) is 3.18. The minimum atomic E-state index is -1.09. The van der Waals surface area contributed by atoms with Gasteiger partial charge in [-0.2, -0.15) is 0 Å². The van der Waals surface area contributed by atoms with Crippen LogP contribution in [0, 0.1) is 0 Å². The molecule has 0 amide bonds. The van der Waals surface area contributed by atoms with Crippen molar-refractivity contribution in [3.8, 4) is 0 Å². The van der Waals surface area contributed by atoms with Gasteiger partial charge in [-0.25, -0.2) is 4.79 Å². The lowest BCUT2D eigenvalue weighted by molar-refractivity contribution is -0.133. The lowest BCUT2D eigenvalue weighted by Gasteiger charge is -2.14. The molecule has 8 nitrogen and oxygen atoms in total. The summed E-state index contributed by atoms with van der Waals surface area (Å²) >= 11 is 0.761. The molecule has 0 unspecified atom stereocenters. The maximum absolute atomic E-state index is 12.0. The fraction of sp³-hybridized carbons (Fsp3) is 0.500. The largest absolute Gasteiger partial charge is 0.481 e. The zero-order valence-electron chi connectivity index (χ0n) is 10.3. The van der Waals surface area contributed by atoms with Gasteiger partial charge in [-0.1, -0.05) is 0 Å². The Morgan fingerprint density at radius 1 is 1.37 bits per heavy atom. The number of hydrogen-bond acceptors (Lipinski definition) is 6. The van der Waals surface area contributed by atoms with Crippen molar-refractivity contribution >= 4 is 23.5 Å². The Morgan fingerprint density at radius 3 is 2.47 bits per heavy atom. The highest BCUT2D eigenvalue weighted by Gasteiger charge is 2.17. The van der Waals surface area contributed by atoms with Crippen LogP contribution in [0.2, 0.25) is 0 Å². The fourth-order valence-electron chi connectivity index (χ4n) is 1.55. The summed E-state index contributed by atoms with van der Waals surface area (Å²) in [4.78, 5) is 34.5. The second-order valence-corrected chi connectivity index (χ2v) is 4.59. The number of carboxylic acid groups (broad SMARTS) is 1. The summed E-state index contributed by atoms with van der Waals surface area (Å²) in [6.45, 7) is 1.40. The van der Waals surface area contributed by atoms with E-state index < -0.39 is 17.2 Å². The van der Waals surface area contributed by atoms with Gasteiger partial charge < -0.3 is 15.9 Å². The second kappa shape index (κ2) is 6.43. The molecule has 0 saturated carbocycles. The van der Waals surface area contributed by atoms with Crippen molar-refractivity contribution in [2.75, 3.05) is 18.1 Å². The number of thioether (sulfide) groups is 1. The summed E-state index contributed by atoms with van der Waals surface area (Å²) in [5, 5.41) is 17.5. The van der Waals surface area contributed by atoms with Gasteiger partial charge in [-0.3, -0.25) is 18.7 Å². The normalized spacial score (nSPS) is 10.6. The highest BCUT2D eigenvalue weighted by molar-refractivity contribution is 8.00. The number of nitrogens with two attached hydrogens (primary N) is 1. The molecule has 0 bridgehead atoms. The summed E-state index contributed by atoms with van der Waals surface area (Å²) < 4.78 is 2.02. The zero-order chi connectivity index (χ0) is 14.6. The van der Waals surface area contributed by atoms with Crippen LogP contribution in [0.4, 0.5) is 5.82 Å². The Kier molecular flexibility index (Phi) is 5.19. The predicted octanol–water partition coefficient (Wildman–Crippen LogP) is -1.22. The van der Waals surface area contributed by atoms with Crippen molar-refractivity contribution in [3.05, 3.63) is 20.8 Å². The number of carboxylic acids is 1. The summed E-state index contributed by atoms with van der Waals surface area (Å²) in [6, 6.07) is 0. The Hall–Kier alpha value is -1.74. The molecule has 0 spiro atoms. The Bertz CT molecular complexity index is 592. The molecule has 0 aliphatic heterocycles. The molecule has 19 heavy (non-hydrogen) atoms. The standard InChI is InChI=1S/C10H15N3O5S/c1-2-12-9(17)7(19-5-6(15)16)8(11)13(3-4-14)10(12)18/h14H,2-5,11H2,1H3,(H,15,16). The smallest absolute Gasteiger partial charge is 0.332 e. The number of aromatic nitrogens is 2. The van der Waals surface area contributed by atoms with Crippen LogP contribution in [-0.4, -0.2) is 37.7 Å². The molecular weight excluding hydrogens is 274 g/mol. The second-order valence-electron chi connectivity index (χ2n) is 3.60. The van der Waals surface area contributed by atoms with Crippen LogP contribution in [0.5, 0.6) is 0 Å². The molecule has 106 valence electrons. The topological polar surface area (TPSA) is 128 Å². The monoisotopic (exact) mass is 289 g/mol. The minimum absolute atomic E-state index is 0.0114. The van der Waals surface area contributed by atoms with Crippen LogP contribution >= 0.6 is 11.8 Å². The molecule has 1 heterocycles. The summed E-state index contributed by atoms with van der Waals surface area (Å²) in [5.41, 5.74) is 4.49. The van der Waals surface area contributed by atoms with Gasteiger partial charge in [0.2, 0.25) is 0 Å². The van der Waals surface area contributed by atoms with Crippen molar-refractivity contribution in [1.29, 1.82) is 0 Å². The maximum Gasteiger partial charge on any atom is 0.332 e. The predicted molar refractivity (Wildman–Crippen MR) is 70.5 cm³/mol. The molecule has 1 aromatic heterocycles. The van der Waals surface area contributed by atoms with E-state index in [2.05, 4.69) is 0 Å². The molecule has 0 fully saturated rings. The SMILES string of the molecule is CCn1c(=O)c(SCC(=O)O)c(N)n(CCO)c1=O. The first kappa shape index (κ1) is 15.3. The van der Waals surface area contributed by atoms with Gasteiger partial charge >= 0.3 is 11.7 Å². The number of anilines is 1. The van der Waals surface area contributed by atoms with Crippen LogP contribution in [-0.2, 0) is 17.9 Å². The molecule has 0 aliphatic carbocycles. The number of nitrogens with zero attached hydrogens (tertiary/aromatic N) is 2. The molecule has 0 atom stereocenters. The van der Waals surface area contributed by atoms with E-state index in [1.54, 1.807) is 6.92 Å². The minimum Gasteiger partial charge on any atom is -0.481 e. The fourth-order valence-corrected chi connectivity index (χ4v) is 2.31. The van der Waals surface area contributed by atoms with Crippen LogP contribution in [0.1, 0.15) is 6.92 Å². The number of aliphatic hydroxyl groups excluding tert-OH is 1. The number of nitrogen functional groups attached to an aromatic ring is 1. The van der Waals surface area contributed by atoms with Crippen LogP contribution < -0.4 is 17.0 Å². The van der Waals surface area contributed by atoms with Gasteiger partial charge in [0.1, 0.15) is 10.7 Å². The first-order chi connectivity index (χ1) is 8.93. The van der Waals surface area contributed by atoms with Crippen LogP contribution in [0.15, 0.2) is 14.5 Å². The molecule has 0 saturated heterocycles. The van der Waals surface area contributed by atoms with Crippen molar-refractivity contribution < 1.29 is 15.0 Å². The van der Waals surface area contributed by atoms with Crippen molar-refractivity contribution in [1.82, 2.24) is 9.13 Å². The summed E-state index contributed by atoms with van der Waals surface area (Å²) in [7, 11) is 0. The third-order valence-corrected chi connectivity index (χ3v) is 3.47. The van der Waals surface area contributed by atoms with Gasteiger partial charge in [0.05, 0.1) is 18.9 Å². The molecular formula is C10H15N3O5S. The molecule has 0 radical (unpaired) electrons. The van der Waals surface area contributed by atoms with Gasteiger partial charge in [0.25, 0.3) is 5.56 Å². The molecule has 0 aromatic carbocycles. The average Bonchev–Trinajstić information content (AvgIpc) is 2.34. The van der Waals surface area contributed by atoms with Gasteiger partial charge in [0, 0.05) is 6.54 Å². The van der Waals surface area contributed by atoms with E-state index >= 15 is 0 Å². The van der Waals surface area contributed by atoms with E-state index in [9.17, 15) is 14.4 Å². The Balaban J connectivity index is 3.44. The first-order valence-corrected chi connectivity index (χ1v) is 6.51. The number of hydrogen-bond donors (Lipinski definition) is 3. The first-order valence-electron chi connectivity index (χ1n) is 5.52. The number of carbonyl (C=O) groups is 1. The van der Waals surface area contributed by atoms with Gasteiger partial charge in [-0.15, -0.1) is 11.8 Å². The highest BCUT2D eigenvalue weighted by Crippen LogP contribution is 2.19. The maximum atomic E-state index is 12.0. The lowest BCUT2D eigenvalue weighted by atomic mass is 10.5. The average molecular weight is 289 g/mol. The van der Waals surface area contributed by atoms with Crippen LogP contribution in [0.25, 0.3) is 0 Å². The van der Waals surface area contributed by atoms with Crippen LogP contribution in [0.3, 0.4) is 0 Å². The Labute approximate surface area is 112 Å². The molecule has 1 rings (SSSR count). The molecule has 1 aromatic rings.